The summed E-state index contributed by atoms with van der Waals surface area (Å²) in [5.41, 5.74) is 0.614. The molecule has 0 spiro atoms. The number of carbonyl (C=O) groups excluding carboxylic acids is 1. The fourth-order valence-corrected chi connectivity index (χ4v) is 4.97. The molecule has 1 aliphatic heterocycles. The van der Waals surface area contributed by atoms with E-state index < -0.39 is 33.5 Å². The van der Waals surface area contributed by atoms with Gasteiger partial charge in [0, 0.05) is 28.7 Å². The third kappa shape index (κ3) is 5.06. The van der Waals surface area contributed by atoms with Gasteiger partial charge in [-0.1, -0.05) is 29.3 Å². The zero-order valence-corrected chi connectivity index (χ0v) is 17.4. The number of esters is 1. The Morgan fingerprint density at radius 1 is 1.07 bits per heavy atom. The van der Waals surface area contributed by atoms with Crippen LogP contribution in [-0.4, -0.2) is 31.8 Å². The van der Waals surface area contributed by atoms with Gasteiger partial charge < -0.3 is 4.74 Å². The largest absolute Gasteiger partial charge is 0.461 e. The number of benzene rings is 2. The van der Waals surface area contributed by atoms with Crippen molar-refractivity contribution in [3.8, 4) is 0 Å². The van der Waals surface area contributed by atoms with E-state index in [-0.39, 0.29) is 37.4 Å². The Morgan fingerprint density at radius 3 is 2.38 bits per heavy atom. The van der Waals surface area contributed by atoms with Crippen molar-refractivity contribution in [3.05, 3.63) is 63.6 Å². The Bertz CT molecular complexity index is 1020. The lowest BCUT2D eigenvalue weighted by Gasteiger charge is -2.30. The molecule has 5 nitrogen and oxygen atoms in total. The van der Waals surface area contributed by atoms with Gasteiger partial charge in [0.1, 0.15) is 6.61 Å². The van der Waals surface area contributed by atoms with Gasteiger partial charge in [-0.05, 0) is 43.2 Å². The summed E-state index contributed by atoms with van der Waals surface area (Å²) in [7, 11) is -3.97. The lowest BCUT2D eigenvalue weighted by atomic mass is 9.98. The molecule has 2 aromatic carbocycles. The first-order valence-electron chi connectivity index (χ1n) is 8.74. The highest BCUT2D eigenvalue weighted by Crippen LogP contribution is 2.27. The van der Waals surface area contributed by atoms with Gasteiger partial charge in [0.25, 0.3) is 0 Å². The van der Waals surface area contributed by atoms with Crippen LogP contribution in [0, 0.1) is 17.6 Å². The molecule has 10 heteroatoms. The quantitative estimate of drug-likeness (QED) is 0.615. The molecule has 0 radical (unpaired) electrons. The predicted octanol–water partition coefficient (Wildman–Crippen LogP) is 4.42. The van der Waals surface area contributed by atoms with Crippen LogP contribution in [0.2, 0.25) is 10.0 Å². The maximum atomic E-state index is 13.4. The van der Waals surface area contributed by atoms with Crippen molar-refractivity contribution < 1.29 is 26.7 Å². The number of ether oxygens (including phenoxy) is 1. The van der Waals surface area contributed by atoms with Crippen LogP contribution in [0.25, 0.3) is 0 Å². The van der Waals surface area contributed by atoms with Crippen LogP contribution in [0.4, 0.5) is 8.78 Å². The van der Waals surface area contributed by atoms with Gasteiger partial charge in [-0.2, -0.15) is 4.31 Å². The molecule has 0 amide bonds. The van der Waals surface area contributed by atoms with Crippen LogP contribution in [0.15, 0.2) is 41.3 Å². The minimum Gasteiger partial charge on any atom is -0.461 e. The molecule has 0 aliphatic carbocycles. The van der Waals surface area contributed by atoms with E-state index in [1.54, 1.807) is 18.2 Å². The van der Waals surface area contributed by atoms with E-state index in [2.05, 4.69) is 0 Å². The van der Waals surface area contributed by atoms with Crippen molar-refractivity contribution in [2.75, 3.05) is 13.1 Å². The first kappa shape index (κ1) is 22.0. The van der Waals surface area contributed by atoms with Crippen molar-refractivity contribution in [2.24, 2.45) is 5.92 Å². The molecule has 0 aromatic heterocycles. The van der Waals surface area contributed by atoms with Gasteiger partial charge in [0.2, 0.25) is 10.0 Å². The number of rotatable bonds is 5. The fourth-order valence-electron chi connectivity index (χ4n) is 3.02. The van der Waals surface area contributed by atoms with Crippen LogP contribution in [0.1, 0.15) is 18.4 Å². The normalized spacial score (nSPS) is 16.0. The van der Waals surface area contributed by atoms with Crippen molar-refractivity contribution in [1.29, 1.82) is 0 Å². The van der Waals surface area contributed by atoms with E-state index in [1.807, 2.05) is 0 Å². The third-order valence-corrected chi connectivity index (χ3v) is 7.18. The zero-order valence-electron chi connectivity index (χ0n) is 15.1. The van der Waals surface area contributed by atoms with Gasteiger partial charge in [0.15, 0.2) is 11.6 Å². The van der Waals surface area contributed by atoms with E-state index in [9.17, 15) is 22.0 Å². The molecule has 1 heterocycles. The summed E-state index contributed by atoms with van der Waals surface area (Å²) in [5, 5.41) is 0.859. The second-order valence-corrected chi connectivity index (χ2v) is 9.38. The number of piperidine rings is 1. The molecule has 2 aromatic rings. The smallest absolute Gasteiger partial charge is 0.309 e. The number of hydrogen-bond donors (Lipinski definition) is 0. The van der Waals surface area contributed by atoms with Crippen molar-refractivity contribution in [1.82, 2.24) is 4.31 Å². The van der Waals surface area contributed by atoms with Crippen LogP contribution < -0.4 is 0 Å². The maximum absolute atomic E-state index is 13.4. The Balaban J connectivity index is 1.58. The highest BCUT2D eigenvalue weighted by Gasteiger charge is 2.33. The molecule has 0 saturated carbocycles. The lowest BCUT2D eigenvalue weighted by molar-refractivity contribution is -0.151. The lowest BCUT2D eigenvalue weighted by Crippen LogP contribution is -2.40. The minimum atomic E-state index is -3.97. The van der Waals surface area contributed by atoms with E-state index in [0.29, 0.717) is 21.7 Å². The SMILES string of the molecule is O=C(OCc1ccc(Cl)cc1Cl)C1CCN(S(=O)(=O)c2ccc(F)c(F)c2)CC1. The van der Waals surface area contributed by atoms with Gasteiger partial charge >= 0.3 is 5.97 Å². The molecule has 1 saturated heterocycles. The summed E-state index contributed by atoms with van der Waals surface area (Å²) in [6, 6.07) is 7.29. The minimum absolute atomic E-state index is 0.0117. The molecule has 29 heavy (non-hydrogen) atoms. The highest BCUT2D eigenvalue weighted by atomic mass is 35.5. The molecule has 0 bridgehead atoms. The van der Waals surface area contributed by atoms with Gasteiger partial charge in [0.05, 0.1) is 10.8 Å². The standard InChI is InChI=1S/C19H17Cl2F2NO4S/c20-14-2-1-13(16(21)9-14)11-28-19(25)12-5-7-24(8-6-12)29(26,27)15-3-4-17(22)18(23)10-15/h1-4,9-10,12H,5-8,11H2. The third-order valence-electron chi connectivity index (χ3n) is 4.70. The monoisotopic (exact) mass is 463 g/mol. The second-order valence-electron chi connectivity index (χ2n) is 6.60. The van der Waals surface area contributed by atoms with Crippen molar-refractivity contribution in [3.63, 3.8) is 0 Å². The van der Waals surface area contributed by atoms with Crippen LogP contribution in [0.5, 0.6) is 0 Å². The number of halogens is 4. The van der Waals surface area contributed by atoms with Gasteiger partial charge in [-0.15, -0.1) is 0 Å². The highest BCUT2D eigenvalue weighted by molar-refractivity contribution is 7.89. The van der Waals surface area contributed by atoms with Gasteiger partial charge in [-0.25, -0.2) is 17.2 Å². The predicted molar refractivity (Wildman–Crippen MR) is 104 cm³/mol. The molecule has 0 unspecified atom stereocenters. The molecule has 1 aliphatic rings. The number of carbonyl (C=O) groups is 1. The zero-order chi connectivity index (χ0) is 21.2. The molecular formula is C19H17Cl2F2NO4S. The first-order chi connectivity index (χ1) is 13.7. The second kappa shape index (κ2) is 8.95. The Morgan fingerprint density at radius 2 is 1.76 bits per heavy atom. The molecule has 0 atom stereocenters. The summed E-state index contributed by atoms with van der Waals surface area (Å²) in [4.78, 5) is 12.0. The fraction of sp³-hybridized carbons (Fsp3) is 0.316. The van der Waals surface area contributed by atoms with Crippen molar-refractivity contribution in [2.45, 2.75) is 24.3 Å². The van der Waals surface area contributed by atoms with Crippen LogP contribution in [0.3, 0.4) is 0 Å². The molecule has 1 fully saturated rings. The summed E-state index contributed by atoms with van der Waals surface area (Å²) in [6.07, 6.45) is 0.520. The summed E-state index contributed by atoms with van der Waals surface area (Å²) >= 11 is 11.9. The summed E-state index contributed by atoms with van der Waals surface area (Å²) < 4.78 is 58.1. The topological polar surface area (TPSA) is 63.7 Å². The average molecular weight is 464 g/mol. The molecule has 3 rings (SSSR count). The van der Waals surface area contributed by atoms with E-state index in [0.717, 1.165) is 16.4 Å². The maximum Gasteiger partial charge on any atom is 0.309 e. The molecule has 156 valence electrons. The van der Waals surface area contributed by atoms with E-state index >= 15 is 0 Å². The summed E-state index contributed by atoms with van der Waals surface area (Å²) in [6.45, 7) is 0.133. The van der Waals surface area contributed by atoms with E-state index in [1.165, 1.54) is 0 Å². The van der Waals surface area contributed by atoms with Crippen LogP contribution in [-0.2, 0) is 26.2 Å². The first-order valence-corrected chi connectivity index (χ1v) is 10.9. The molecule has 0 N–H and O–H groups in total. The number of sulfonamides is 1. The van der Waals surface area contributed by atoms with Gasteiger partial charge in [-0.3, -0.25) is 4.79 Å². The number of hydrogen-bond acceptors (Lipinski definition) is 4. The van der Waals surface area contributed by atoms with Crippen LogP contribution >= 0.6 is 23.2 Å². The molecular weight excluding hydrogens is 447 g/mol. The number of nitrogens with zero attached hydrogens (tertiary/aromatic N) is 1. The Kier molecular flexibility index (Phi) is 6.78. The van der Waals surface area contributed by atoms with E-state index in [4.69, 9.17) is 27.9 Å². The van der Waals surface area contributed by atoms with Crippen molar-refractivity contribution >= 4 is 39.2 Å². The summed E-state index contributed by atoms with van der Waals surface area (Å²) in [5.74, 6) is -3.25. The average Bonchev–Trinajstić information content (AvgIpc) is 2.69. The Labute approximate surface area is 177 Å². The Hall–Kier alpha value is -1.74.